The van der Waals surface area contributed by atoms with Gasteiger partial charge in [-0.2, -0.15) is 0 Å². The minimum Gasteiger partial charge on any atom is -0.484 e. The fourth-order valence-electron chi connectivity index (χ4n) is 2.94. The third kappa shape index (κ3) is 4.47. The number of benzene rings is 3. The van der Waals surface area contributed by atoms with E-state index in [2.05, 4.69) is 10.6 Å². The predicted octanol–water partition coefficient (Wildman–Crippen LogP) is 4.18. The lowest BCUT2D eigenvalue weighted by Crippen LogP contribution is -2.20. The molecular weight excluding hydrogens is 388 g/mol. The van der Waals surface area contributed by atoms with Crippen molar-refractivity contribution in [1.82, 2.24) is 5.32 Å². The third-order valence-electron chi connectivity index (χ3n) is 4.23. The molecule has 1 aliphatic rings. The first kappa shape index (κ1) is 18.8. The van der Waals surface area contributed by atoms with E-state index in [1.54, 1.807) is 30.3 Å². The molecule has 1 heterocycles. The number of thioether (sulfide) groups is 1. The van der Waals surface area contributed by atoms with Crippen molar-refractivity contribution in [2.45, 2.75) is 0 Å². The van der Waals surface area contributed by atoms with Crippen molar-refractivity contribution < 1.29 is 19.1 Å². The molecule has 0 bridgehead atoms. The van der Waals surface area contributed by atoms with Crippen molar-refractivity contribution >= 4 is 51.4 Å². The van der Waals surface area contributed by atoms with Crippen molar-refractivity contribution in [2.75, 3.05) is 11.9 Å². The second-order valence-electron chi connectivity index (χ2n) is 6.29. The molecule has 3 aromatic rings. The van der Waals surface area contributed by atoms with Crippen LogP contribution in [0.3, 0.4) is 0 Å². The summed E-state index contributed by atoms with van der Waals surface area (Å²) >= 11 is 0.851. The lowest BCUT2D eigenvalue weighted by molar-refractivity contribution is -0.118. The van der Waals surface area contributed by atoms with Crippen LogP contribution in [0.2, 0.25) is 0 Å². The van der Waals surface area contributed by atoms with Gasteiger partial charge in [-0.05, 0) is 47.0 Å². The van der Waals surface area contributed by atoms with Crippen molar-refractivity contribution in [1.29, 1.82) is 0 Å². The zero-order valence-corrected chi connectivity index (χ0v) is 16.0. The number of carbonyl (C=O) groups excluding carboxylic acids is 3. The zero-order chi connectivity index (χ0) is 20.2. The van der Waals surface area contributed by atoms with Crippen LogP contribution >= 0.6 is 11.8 Å². The summed E-state index contributed by atoms with van der Waals surface area (Å²) in [6, 6.07) is 20.5. The van der Waals surface area contributed by atoms with E-state index >= 15 is 0 Å². The largest absolute Gasteiger partial charge is 0.484 e. The monoisotopic (exact) mass is 404 g/mol. The summed E-state index contributed by atoms with van der Waals surface area (Å²) in [5.74, 6) is -0.204. The zero-order valence-electron chi connectivity index (χ0n) is 15.2. The highest BCUT2D eigenvalue weighted by molar-refractivity contribution is 8.18. The summed E-state index contributed by atoms with van der Waals surface area (Å²) in [4.78, 5) is 35.6. The molecule has 4 rings (SSSR count). The van der Waals surface area contributed by atoms with Gasteiger partial charge in [0.2, 0.25) is 0 Å². The minimum absolute atomic E-state index is 0.156. The van der Waals surface area contributed by atoms with Crippen LogP contribution in [-0.4, -0.2) is 23.7 Å². The fraction of sp³-hybridized carbons (Fsp3) is 0.0455. The average molecular weight is 404 g/mol. The van der Waals surface area contributed by atoms with E-state index in [9.17, 15) is 14.4 Å². The molecule has 7 heteroatoms. The van der Waals surface area contributed by atoms with E-state index in [-0.39, 0.29) is 12.5 Å². The van der Waals surface area contributed by atoms with Crippen LogP contribution in [-0.2, 0) is 9.59 Å². The molecule has 144 valence electrons. The number of anilines is 1. The molecule has 0 aromatic heterocycles. The van der Waals surface area contributed by atoms with Crippen LogP contribution in [0.5, 0.6) is 5.75 Å². The number of fused-ring (bicyclic) bond motifs is 1. The van der Waals surface area contributed by atoms with Crippen LogP contribution in [0.1, 0.15) is 5.56 Å². The summed E-state index contributed by atoms with van der Waals surface area (Å²) in [6.07, 6.45) is 1.61. The average Bonchev–Trinajstić information content (AvgIpc) is 3.04. The molecule has 0 saturated carbocycles. The Hall–Kier alpha value is -3.58. The van der Waals surface area contributed by atoms with Crippen LogP contribution in [0.25, 0.3) is 16.8 Å². The van der Waals surface area contributed by atoms with E-state index in [0.29, 0.717) is 16.2 Å². The van der Waals surface area contributed by atoms with E-state index in [1.165, 1.54) is 0 Å². The molecule has 1 fully saturated rings. The Balaban J connectivity index is 1.41. The highest BCUT2D eigenvalue weighted by Gasteiger charge is 2.24. The Morgan fingerprint density at radius 2 is 1.83 bits per heavy atom. The molecule has 1 aliphatic heterocycles. The number of hydrogen-bond acceptors (Lipinski definition) is 5. The maximum atomic E-state index is 12.3. The van der Waals surface area contributed by atoms with Gasteiger partial charge in [0.25, 0.3) is 17.1 Å². The van der Waals surface area contributed by atoms with E-state index in [4.69, 9.17) is 4.74 Å². The second-order valence-corrected chi connectivity index (χ2v) is 7.30. The number of imide groups is 1. The highest BCUT2D eigenvalue weighted by atomic mass is 32.2. The minimum atomic E-state index is -0.416. The first-order valence-electron chi connectivity index (χ1n) is 8.84. The van der Waals surface area contributed by atoms with Gasteiger partial charge in [0.1, 0.15) is 5.75 Å². The Morgan fingerprint density at radius 3 is 2.66 bits per heavy atom. The van der Waals surface area contributed by atoms with Gasteiger partial charge in [0.15, 0.2) is 6.61 Å². The first-order valence-corrected chi connectivity index (χ1v) is 9.65. The Kier molecular flexibility index (Phi) is 5.31. The van der Waals surface area contributed by atoms with Crippen LogP contribution < -0.4 is 15.4 Å². The number of amides is 3. The maximum Gasteiger partial charge on any atom is 0.290 e. The van der Waals surface area contributed by atoms with Gasteiger partial charge in [0, 0.05) is 11.1 Å². The Bertz CT molecular complexity index is 1150. The lowest BCUT2D eigenvalue weighted by Gasteiger charge is -2.10. The van der Waals surface area contributed by atoms with Gasteiger partial charge in [-0.3, -0.25) is 19.7 Å². The van der Waals surface area contributed by atoms with Crippen LogP contribution in [0.4, 0.5) is 10.5 Å². The number of nitrogens with one attached hydrogen (secondary N) is 2. The summed E-state index contributed by atoms with van der Waals surface area (Å²) < 4.78 is 5.59. The van der Waals surface area contributed by atoms with Gasteiger partial charge in [0.05, 0.1) is 4.91 Å². The van der Waals surface area contributed by atoms with Gasteiger partial charge >= 0.3 is 0 Å². The smallest absolute Gasteiger partial charge is 0.290 e. The molecule has 2 N–H and O–H groups in total. The number of ether oxygens (including phenoxy) is 1. The molecule has 3 amide bonds. The van der Waals surface area contributed by atoms with Crippen molar-refractivity contribution in [3.63, 3.8) is 0 Å². The molecular formula is C22H16N2O4S. The number of carbonyl (C=O) groups is 3. The van der Waals surface area contributed by atoms with Crippen molar-refractivity contribution in [3.05, 3.63) is 77.2 Å². The molecule has 3 aromatic carbocycles. The maximum absolute atomic E-state index is 12.3. The normalized spacial score (nSPS) is 14.8. The molecule has 1 saturated heterocycles. The van der Waals surface area contributed by atoms with Crippen LogP contribution in [0.15, 0.2) is 71.6 Å². The summed E-state index contributed by atoms with van der Waals surface area (Å²) in [5.41, 5.74) is 1.42. The third-order valence-corrected chi connectivity index (χ3v) is 5.04. The SMILES string of the molecule is O=C(COc1cccc(/C=C2\SC(=O)NC2=O)c1)Nc1cccc2ccccc12. The van der Waals surface area contributed by atoms with Crippen molar-refractivity contribution in [3.8, 4) is 5.75 Å². The topological polar surface area (TPSA) is 84.5 Å². The molecule has 0 unspecified atom stereocenters. The van der Waals surface area contributed by atoms with Gasteiger partial charge in [-0.25, -0.2) is 0 Å². The number of rotatable bonds is 5. The molecule has 0 radical (unpaired) electrons. The summed E-state index contributed by atoms with van der Waals surface area (Å²) in [5, 5.41) is 6.69. The van der Waals surface area contributed by atoms with Crippen molar-refractivity contribution in [2.24, 2.45) is 0 Å². The highest BCUT2D eigenvalue weighted by Crippen LogP contribution is 2.27. The fourth-order valence-corrected chi connectivity index (χ4v) is 3.62. The van der Waals surface area contributed by atoms with Crippen LogP contribution in [0, 0.1) is 0 Å². The summed E-state index contributed by atoms with van der Waals surface area (Å²) in [7, 11) is 0. The Labute approximate surface area is 170 Å². The van der Waals surface area contributed by atoms with Gasteiger partial charge in [-0.15, -0.1) is 0 Å². The van der Waals surface area contributed by atoms with E-state index in [0.717, 1.165) is 28.2 Å². The van der Waals surface area contributed by atoms with E-state index in [1.807, 2.05) is 42.5 Å². The Morgan fingerprint density at radius 1 is 1.03 bits per heavy atom. The predicted molar refractivity (Wildman–Crippen MR) is 114 cm³/mol. The summed E-state index contributed by atoms with van der Waals surface area (Å²) in [6.45, 7) is -0.156. The molecule has 0 atom stereocenters. The first-order chi connectivity index (χ1) is 14.1. The molecule has 0 spiro atoms. The number of hydrogen-bond donors (Lipinski definition) is 2. The lowest BCUT2D eigenvalue weighted by atomic mass is 10.1. The standard InChI is InChI=1S/C22H16N2O4S/c25-20(23-18-10-4-7-15-6-1-2-9-17(15)18)13-28-16-8-3-5-14(11-16)12-19-21(26)24-22(27)29-19/h1-12H,13H2,(H,23,25)(H,24,26,27)/b19-12-. The van der Waals surface area contributed by atoms with E-state index < -0.39 is 11.1 Å². The molecule has 0 aliphatic carbocycles. The second kappa shape index (κ2) is 8.20. The molecule has 29 heavy (non-hydrogen) atoms. The van der Waals surface area contributed by atoms with Gasteiger partial charge in [-0.1, -0.05) is 48.5 Å². The molecule has 6 nitrogen and oxygen atoms in total. The quantitative estimate of drug-likeness (QED) is 0.623. The van der Waals surface area contributed by atoms with Gasteiger partial charge < -0.3 is 10.1 Å².